The lowest BCUT2D eigenvalue weighted by Crippen LogP contribution is -1.97. The molecule has 0 N–H and O–H groups in total. The van der Waals surface area contributed by atoms with Crippen LogP contribution >= 0.6 is 15.9 Å². The van der Waals surface area contributed by atoms with Gasteiger partial charge in [-0.15, -0.1) is 0 Å². The predicted octanol–water partition coefficient (Wildman–Crippen LogP) is 5.72. The van der Waals surface area contributed by atoms with E-state index < -0.39 is 0 Å². The van der Waals surface area contributed by atoms with Crippen LogP contribution in [0.5, 0.6) is 0 Å². The van der Waals surface area contributed by atoms with Crippen molar-refractivity contribution in [2.75, 3.05) is 0 Å². The van der Waals surface area contributed by atoms with Gasteiger partial charge in [-0.2, -0.15) is 5.26 Å². The summed E-state index contributed by atoms with van der Waals surface area (Å²) < 4.78 is 0. The fourth-order valence-electron chi connectivity index (χ4n) is 2.46. The first-order valence-electron chi connectivity index (χ1n) is 7.47. The minimum absolute atomic E-state index is 0.625. The fraction of sp³-hybridized carbons (Fsp3) is 0.316. The van der Waals surface area contributed by atoms with Crippen molar-refractivity contribution in [2.24, 2.45) is 0 Å². The lowest BCUT2D eigenvalue weighted by Gasteiger charge is -2.11. The molecule has 1 nitrogen and oxygen atoms in total. The average molecular weight is 342 g/mol. The number of hydrogen-bond donors (Lipinski definition) is 0. The molecule has 21 heavy (non-hydrogen) atoms. The second-order valence-electron chi connectivity index (χ2n) is 5.24. The van der Waals surface area contributed by atoms with Gasteiger partial charge >= 0.3 is 0 Å². The van der Waals surface area contributed by atoms with Gasteiger partial charge in [0.05, 0.1) is 11.6 Å². The maximum Gasteiger partial charge on any atom is 0.0991 e. The Kier molecular flexibility index (Phi) is 6.02. The van der Waals surface area contributed by atoms with E-state index in [9.17, 15) is 0 Å². The summed E-state index contributed by atoms with van der Waals surface area (Å²) in [6, 6.07) is 18.6. The molecule has 0 saturated heterocycles. The Balaban J connectivity index is 2.14. The van der Waals surface area contributed by atoms with Gasteiger partial charge in [-0.1, -0.05) is 59.3 Å². The molecule has 1 atom stereocenters. The monoisotopic (exact) mass is 341 g/mol. The van der Waals surface area contributed by atoms with E-state index in [1.807, 2.05) is 24.3 Å². The van der Waals surface area contributed by atoms with Gasteiger partial charge in [0.1, 0.15) is 0 Å². The van der Waals surface area contributed by atoms with Crippen LogP contribution in [-0.4, -0.2) is 4.83 Å². The summed E-state index contributed by atoms with van der Waals surface area (Å²) >= 11 is 3.70. The number of benzene rings is 2. The van der Waals surface area contributed by atoms with Crippen molar-refractivity contribution < 1.29 is 0 Å². The van der Waals surface area contributed by atoms with E-state index >= 15 is 0 Å². The molecule has 0 heterocycles. The number of nitrogens with zero attached hydrogens (tertiary/aromatic N) is 1. The third-order valence-corrected chi connectivity index (χ3v) is 4.85. The molecule has 0 aliphatic heterocycles. The van der Waals surface area contributed by atoms with Crippen LogP contribution < -0.4 is 0 Å². The first-order chi connectivity index (χ1) is 10.2. The summed E-state index contributed by atoms with van der Waals surface area (Å²) in [5, 5.41) is 8.89. The van der Waals surface area contributed by atoms with E-state index in [0.717, 1.165) is 6.42 Å². The minimum atomic E-state index is 0.625. The van der Waals surface area contributed by atoms with Crippen molar-refractivity contribution in [1.29, 1.82) is 5.26 Å². The SMILES string of the molecule is CCC(Br)CCCc1ccccc1-c1ccc(C#N)cc1. The minimum Gasteiger partial charge on any atom is -0.192 e. The van der Waals surface area contributed by atoms with E-state index in [1.54, 1.807) is 0 Å². The zero-order chi connectivity index (χ0) is 15.1. The highest BCUT2D eigenvalue weighted by Crippen LogP contribution is 2.26. The van der Waals surface area contributed by atoms with Gasteiger partial charge in [-0.05, 0) is 54.5 Å². The lowest BCUT2D eigenvalue weighted by molar-refractivity contribution is 0.690. The predicted molar refractivity (Wildman–Crippen MR) is 92.5 cm³/mol. The Morgan fingerprint density at radius 2 is 1.81 bits per heavy atom. The van der Waals surface area contributed by atoms with Crippen LogP contribution in [0.4, 0.5) is 0 Å². The topological polar surface area (TPSA) is 23.8 Å². The molecule has 0 radical (unpaired) electrons. The van der Waals surface area contributed by atoms with Gasteiger partial charge in [-0.25, -0.2) is 0 Å². The summed E-state index contributed by atoms with van der Waals surface area (Å²) in [6.07, 6.45) is 4.67. The zero-order valence-corrected chi connectivity index (χ0v) is 13.9. The maximum absolute atomic E-state index is 8.89. The molecule has 0 amide bonds. The highest BCUT2D eigenvalue weighted by molar-refractivity contribution is 9.09. The summed E-state index contributed by atoms with van der Waals surface area (Å²) in [6.45, 7) is 2.21. The van der Waals surface area contributed by atoms with Crippen molar-refractivity contribution in [3.05, 3.63) is 59.7 Å². The first kappa shape index (κ1) is 15.8. The number of nitriles is 1. The van der Waals surface area contributed by atoms with Gasteiger partial charge in [0.15, 0.2) is 0 Å². The second-order valence-corrected chi connectivity index (χ2v) is 6.54. The normalized spacial score (nSPS) is 11.9. The standard InChI is InChI=1S/C19H20BrN/c1-2-18(20)8-5-7-16-6-3-4-9-19(16)17-12-10-15(14-21)11-13-17/h3-4,6,9-13,18H,2,5,7-8H2,1H3. The van der Waals surface area contributed by atoms with E-state index in [2.05, 4.69) is 53.2 Å². The van der Waals surface area contributed by atoms with E-state index in [-0.39, 0.29) is 0 Å². The Morgan fingerprint density at radius 1 is 1.10 bits per heavy atom. The van der Waals surface area contributed by atoms with Gasteiger partial charge in [0.2, 0.25) is 0 Å². The van der Waals surface area contributed by atoms with Crippen LogP contribution in [0.15, 0.2) is 48.5 Å². The van der Waals surface area contributed by atoms with Crippen LogP contribution in [0.1, 0.15) is 37.3 Å². The van der Waals surface area contributed by atoms with Gasteiger partial charge < -0.3 is 0 Å². The Labute approximate surface area is 135 Å². The Bertz CT molecular complexity index is 610. The van der Waals surface area contributed by atoms with Crippen molar-refractivity contribution in [1.82, 2.24) is 0 Å². The molecule has 0 aliphatic carbocycles. The average Bonchev–Trinajstić information content (AvgIpc) is 2.55. The third-order valence-electron chi connectivity index (χ3n) is 3.75. The third kappa shape index (κ3) is 4.44. The molecule has 0 aromatic heterocycles. The molecular weight excluding hydrogens is 322 g/mol. The Morgan fingerprint density at radius 3 is 2.48 bits per heavy atom. The van der Waals surface area contributed by atoms with E-state index in [0.29, 0.717) is 10.4 Å². The summed E-state index contributed by atoms with van der Waals surface area (Å²) in [4.78, 5) is 0.625. The van der Waals surface area contributed by atoms with Crippen molar-refractivity contribution in [3.63, 3.8) is 0 Å². The molecule has 108 valence electrons. The van der Waals surface area contributed by atoms with Crippen LogP contribution in [0, 0.1) is 11.3 Å². The van der Waals surface area contributed by atoms with Gasteiger partial charge in [0.25, 0.3) is 0 Å². The smallest absolute Gasteiger partial charge is 0.0991 e. The lowest BCUT2D eigenvalue weighted by atomic mass is 9.95. The number of aryl methyl sites for hydroxylation is 1. The summed E-state index contributed by atoms with van der Waals surface area (Å²) in [5.41, 5.74) is 4.57. The molecule has 2 rings (SSSR count). The highest BCUT2D eigenvalue weighted by Gasteiger charge is 2.06. The zero-order valence-electron chi connectivity index (χ0n) is 12.3. The molecule has 0 spiro atoms. The summed E-state index contributed by atoms with van der Waals surface area (Å²) in [5.74, 6) is 0. The van der Waals surface area contributed by atoms with Crippen LogP contribution in [0.2, 0.25) is 0 Å². The highest BCUT2D eigenvalue weighted by atomic mass is 79.9. The van der Waals surface area contributed by atoms with Crippen LogP contribution in [0.25, 0.3) is 11.1 Å². The van der Waals surface area contributed by atoms with Gasteiger partial charge in [0, 0.05) is 4.83 Å². The molecule has 0 bridgehead atoms. The molecule has 0 saturated carbocycles. The number of alkyl halides is 1. The van der Waals surface area contributed by atoms with Crippen LogP contribution in [0.3, 0.4) is 0 Å². The molecular formula is C19H20BrN. The first-order valence-corrected chi connectivity index (χ1v) is 8.38. The summed E-state index contributed by atoms with van der Waals surface area (Å²) in [7, 11) is 0. The number of rotatable bonds is 6. The molecule has 2 aromatic rings. The largest absolute Gasteiger partial charge is 0.192 e. The Hall–Kier alpha value is -1.59. The molecule has 0 aliphatic rings. The molecule has 0 fully saturated rings. The molecule has 1 unspecified atom stereocenters. The van der Waals surface area contributed by atoms with Crippen molar-refractivity contribution in [3.8, 4) is 17.2 Å². The van der Waals surface area contributed by atoms with E-state index in [1.165, 1.54) is 36.0 Å². The van der Waals surface area contributed by atoms with E-state index in [4.69, 9.17) is 5.26 Å². The van der Waals surface area contributed by atoms with Crippen molar-refractivity contribution in [2.45, 2.75) is 37.4 Å². The number of hydrogen-bond acceptors (Lipinski definition) is 1. The second kappa shape index (κ2) is 8.00. The van der Waals surface area contributed by atoms with Gasteiger partial charge in [-0.3, -0.25) is 0 Å². The fourth-order valence-corrected chi connectivity index (χ4v) is 2.79. The molecule has 2 heteroatoms. The number of halogens is 1. The van der Waals surface area contributed by atoms with Crippen LogP contribution in [-0.2, 0) is 6.42 Å². The maximum atomic E-state index is 8.89. The molecule has 2 aromatic carbocycles. The quantitative estimate of drug-likeness (QED) is 0.616. The van der Waals surface area contributed by atoms with Crippen molar-refractivity contribution >= 4 is 15.9 Å².